The summed E-state index contributed by atoms with van der Waals surface area (Å²) in [6, 6.07) is 6.95. The van der Waals surface area contributed by atoms with Gasteiger partial charge in [0.05, 0.1) is 6.04 Å². The zero-order valence-corrected chi connectivity index (χ0v) is 16.4. The van der Waals surface area contributed by atoms with E-state index in [0.29, 0.717) is 23.7 Å². The van der Waals surface area contributed by atoms with Gasteiger partial charge in [-0.3, -0.25) is 14.5 Å². The Bertz CT molecular complexity index is 650. The van der Waals surface area contributed by atoms with E-state index < -0.39 is 0 Å². The van der Waals surface area contributed by atoms with Crippen molar-refractivity contribution in [2.24, 2.45) is 5.92 Å². The molecule has 0 bridgehead atoms. The van der Waals surface area contributed by atoms with Crippen molar-refractivity contribution in [3.8, 4) is 0 Å². The number of hydrogen-bond acceptors (Lipinski definition) is 3. The molecule has 2 saturated heterocycles. The molecule has 0 spiro atoms. The first-order valence-corrected chi connectivity index (χ1v) is 9.91. The van der Waals surface area contributed by atoms with Crippen molar-refractivity contribution in [3.05, 3.63) is 34.9 Å². The van der Waals surface area contributed by atoms with Crippen LogP contribution >= 0.6 is 11.6 Å². The zero-order valence-electron chi connectivity index (χ0n) is 15.7. The first-order valence-electron chi connectivity index (χ1n) is 9.53. The second kappa shape index (κ2) is 8.40. The number of hydrogen-bond donors (Lipinski definition) is 0. The summed E-state index contributed by atoms with van der Waals surface area (Å²) in [6.07, 6.45) is 2.20. The molecule has 0 aliphatic carbocycles. The fourth-order valence-corrected chi connectivity index (χ4v) is 3.96. The lowest BCUT2D eigenvalue weighted by Gasteiger charge is -2.40. The van der Waals surface area contributed by atoms with Crippen LogP contribution in [0.25, 0.3) is 0 Å². The highest BCUT2D eigenvalue weighted by atomic mass is 35.5. The third-order valence-electron chi connectivity index (χ3n) is 5.67. The Hall–Kier alpha value is -1.59. The topological polar surface area (TPSA) is 43.9 Å². The predicted molar refractivity (Wildman–Crippen MR) is 103 cm³/mol. The van der Waals surface area contributed by atoms with E-state index in [9.17, 15) is 9.59 Å². The van der Waals surface area contributed by atoms with Crippen LogP contribution in [0.3, 0.4) is 0 Å². The second-order valence-corrected chi connectivity index (χ2v) is 7.96. The third-order valence-corrected chi connectivity index (χ3v) is 5.91. The molecule has 1 atom stereocenters. The standard InChI is InChI=1S/C20H28ClN3O2/c1-15-6-8-23(9-7-15)19(25)16(2)22-10-12-24(13-11-22)20(26)17-4-3-5-18(21)14-17/h3-5,14-16H,6-13H2,1-2H3. The number of rotatable bonds is 3. The summed E-state index contributed by atoms with van der Waals surface area (Å²) in [5, 5.41) is 0.574. The highest BCUT2D eigenvalue weighted by Gasteiger charge is 2.31. The van der Waals surface area contributed by atoms with Crippen LogP contribution in [0.15, 0.2) is 24.3 Å². The van der Waals surface area contributed by atoms with E-state index >= 15 is 0 Å². The summed E-state index contributed by atoms with van der Waals surface area (Å²) in [5.41, 5.74) is 0.623. The van der Waals surface area contributed by atoms with Gasteiger partial charge in [0.25, 0.3) is 5.91 Å². The number of carbonyl (C=O) groups excluding carboxylic acids is 2. The molecule has 142 valence electrons. The van der Waals surface area contributed by atoms with E-state index in [1.165, 1.54) is 0 Å². The van der Waals surface area contributed by atoms with E-state index in [1.54, 1.807) is 24.3 Å². The molecule has 5 nitrogen and oxygen atoms in total. The first-order chi connectivity index (χ1) is 12.5. The minimum absolute atomic E-state index is 0.0103. The maximum Gasteiger partial charge on any atom is 0.253 e. The normalized spacial score (nSPS) is 20.9. The molecule has 1 aromatic carbocycles. The van der Waals surface area contributed by atoms with Gasteiger partial charge in [-0.15, -0.1) is 0 Å². The Morgan fingerprint density at radius 2 is 1.69 bits per heavy atom. The lowest BCUT2D eigenvalue weighted by Crippen LogP contribution is -2.56. The summed E-state index contributed by atoms with van der Waals surface area (Å²) >= 11 is 5.99. The largest absolute Gasteiger partial charge is 0.341 e. The molecule has 0 N–H and O–H groups in total. The molecule has 2 aliphatic rings. The second-order valence-electron chi connectivity index (χ2n) is 7.52. The summed E-state index contributed by atoms with van der Waals surface area (Å²) < 4.78 is 0. The van der Waals surface area contributed by atoms with Gasteiger partial charge >= 0.3 is 0 Å². The molecule has 0 aromatic heterocycles. The van der Waals surface area contributed by atoms with Gasteiger partial charge in [0.1, 0.15) is 0 Å². The summed E-state index contributed by atoms with van der Waals surface area (Å²) in [7, 11) is 0. The number of amides is 2. The van der Waals surface area contributed by atoms with Gasteiger partial charge in [-0.05, 0) is 43.9 Å². The van der Waals surface area contributed by atoms with Gasteiger partial charge in [-0.2, -0.15) is 0 Å². The molecule has 2 aliphatic heterocycles. The van der Waals surface area contributed by atoms with E-state index in [1.807, 2.05) is 16.7 Å². The third kappa shape index (κ3) is 4.38. The lowest BCUT2D eigenvalue weighted by molar-refractivity contribution is -0.138. The number of likely N-dealkylation sites (tertiary alicyclic amines) is 1. The van der Waals surface area contributed by atoms with Crippen LogP contribution in [0, 0.1) is 5.92 Å². The van der Waals surface area contributed by atoms with E-state index in [4.69, 9.17) is 11.6 Å². The monoisotopic (exact) mass is 377 g/mol. The van der Waals surface area contributed by atoms with Crippen molar-refractivity contribution in [2.45, 2.75) is 32.7 Å². The number of piperidine rings is 1. The van der Waals surface area contributed by atoms with Crippen LogP contribution in [-0.4, -0.2) is 71.8 Å². The van der Waals surface area contributed by atoms with Crippen LogP contribution in [0.1, 0.15) is 37.0 Å². The van der Waals surface area contributed by atoms with Crippen molar-refractivity contribution in [1.29, 1.82) is 0 Å². The molecule has 1 unspecified atom stereocenters. The number of nitrogens with zero attached hydrogens (tertiary/aromatic N) is 3. The highest BCUT2D eigenvalue weighted by molar-refractivity contribution is 6.30. The average molecular weight is 378 g/mol. The fourth-order valence-electron chi connectivity index (χ4n) is 3.77. The molecule has 1 aromatic rings. The van der Waals surface area contributed by atoms with Gasteiger partial charge in [-0.25, -0.2) is 0 Å². The fraction of sp³-hybridized carbons (Fsp3) is 0.600. The van der Waals surface area contributed by atoms with Gasteiger partial charge in [0.2, 0.25) is 5.91 Å². The maximum absolute atomic E-state index is 12.8. The molecular formula is C20H28ClN3O2. The predicted octanol–water partition coefficient (Wildman–Crippen LogP) is 2.74. The molecular weight excluding hydrogens is 350 g/mol. The lowest BCUT2D eigenvalue weighted by atomic mass is 9.98. The SMILES string of the molecule is CC1CCN(C(=O)C(C)N2CCN(C(=O)c3cccc(Cl)c3)CC2)CC1. The van der Waals surface area contributed by atoms with Gasteiger partial charge < -0.3 is 9.80 Å². The van der Waals surface area contributed by atoms with Gasteiger partial charge in [0, 0.05) is 49.9 Å². The van der Waals surface area contributed by atoms with Crippen molar-refractivity contribution in [1.82, 2.24) is 14.7 Å². The van der Waals surface area contributed by atoms with E-state index in [-0.39, 0.29) is 17.9 Å². The zero-order chi connectivity index (χ0) is 18.7. The summed E-state index contributed by atoms with van der Waals surface area (Å²) in [5.74, 6) is 0.957. The average Bonchev–Trinajstić information content (AvgIpc) is 2.67. The van der Waals surface area contributed by atoms with Crippen LogP contribution in [0.2, 0.25) is 5.02 Å². The minimum atomic E-state index is -0.119. The first kappa shape index (κ1) is 19.2. The summed E-state index contributed by atoms with van der Waals surface area (Å²) in [4.78, 5) is 31.4. The van der Waals surface area contributed by atoms with Crippen LogP contribution in [-0.2, 0) is 4.79 Å². The smallest absolute Gasteiger partial charge is 0.253 e. The van der Waals surface area contributed by atoms with Gasteiger partial charge in [0.15, 0.2) is 0 Å². The Balaban J connectivity index is 1.53. The van der Waals surface area contributed by atoms with Crippen molar-refractivity contribution in [2.75, 3.05) is 39.3 Å². The van der Waals surface area contributed by atoms with Crippen molar-refractivity contribution >= 4 is 23.4 Å². The van der Waals surface area contributed by atoms with Crippen LogP contribution in [0.4, 0.5) is 0 Å². The van der Waals surface area contributed by atoms with Crippen LogP contribution in [0.5, 0.6) is 0 Å². The van der Waals surface area contributed by atoms with Gasteiger partial charge in [-0.1, -0.05) is 24.6 Å². The van der Waals surface area contributed by atoms with Crippen LogP contribution < -0.4 is 0 Å². The van der Waals surface area contributed by atoms with E-state index in [2.05, 4.69) is 11.8 Å². The molecule has 2 heterocycles. The van der Waals surface area contributed by atoms with Crippen molar-refractivity contribution < 1.29 is 9.59 Å². The number of piperazine rings is 1. The Labute approximate surface area is 160 Å². The summed E-state index contributed by atoms with van der Waals surface area (Å²) in [6.45, 7) is 8.72. The molecule has 6 heteroatoms. The highest BCUT2D eigenvalue weighted by Crippen LogP contribution is 2.19. The Morgan fingerprint density at radius 3 is 2.31 bits per heavy atom. The number of halogens is 1. The Kier molecular flexibility index (Phi) is 6.20. The molecule has 0 radical (unpaired) electrons. The quantitative estimate of drug-likeness (QED) is 0.813. The number of carbonyl (C=O) groups is 2. The maximum atomic E-state index is 12.8. The minimum Gasteiger partial charge on any atom is -0.341 e. The Morgan fingerprint density at radius 1 is 1.04 bits per heavy atom. The van der Waals surface area contributed by atoms with E-state index in [0.717, 1.165) is 44.9 Å². The molecule has 3 rings (SSSR count). The van der Waals surface area contributed by atoms with Crippen molar-refractivity contribution in [3.63, 3.8) is 0 Å². The molecule has 26 heavy (non-hydrogen) atoms. The molecule has 2 amide bonds. The number of benzene rings is 1. The molecule has 2 fully saturated rings. The molecule has 0 saturated carbocycles.